The van der Waals surface area contributed by atoms with Crippen LogP contribution >= 0.6 is 0 Å². The van der Waals surface area contributed by atoms with Crippen molar-refractivity contribution < 1.29 is 10.3 Å². The van der Waals surface area contributed by atoms with Gasteiger partial charge in [-0.15, -0.1) is 0 Å². The lowest BCUT2D eigenvalue weighted by Gasteiger charge is -2.21. The molecule has 4 nitrogen and oxygen atoms in total. The van der Waals surface area contributed by atoms with Gasteiger partial charge < -0.3 is 15.2 Å². The third-order valence-corrected chi connectivity index (χ3v) is 2.34. The third-order valence-electron chi connectivity index (χ3n) is 2.34. The van der Waals surface area contributed by atoms with Gasteiger partial charge in [0.1, 0.15) is 5.75 Å². The van der Waals surface area contributed by atoms with E-state index in [2.05, 4.69) is 23.9 Å². The predicted molar refractivity (Wildman–Crippen MR) is 61.0 cm³/mol. The highest BCUT2D eigenvalue weighted by Crippen LogP contribution is 2.23. The Morgan fingerprint density at radius 1 is 1.33 bits per heavy atom. The van der Waals surface area contributed by atoms with Crippen molar-refractivity contribution in [2.45, 2.75) is 13.8 Å². The standard InChI is InChI=1S/C11H16N2O2/c1-3-13(4-2)10-6-5-9(8-12-15)11(14)7-10/h5-8,14-15H,3-4H2,1-2H3/b12-8+. The van der Waals surface area contributed by atoms with Crippen LogP contribution < -0.4 is 4.90 Å². The van der Waals surface area contributed by atoms with Crippen molar-refractivity contribution in [2.75, 3.05) is 18.0 Å². The number of phenols is 1. The second-order valence-electron chi connectivity index (χ2n) is 3.16. The Bertz CT molecular complexity index is 346. The lowest BCUT2D eigenvalue weighted by Crippen LogP contribution is -2.21. The number of nitrogens with zero attached hydrogens (tertiary/aromatic N) is 2. The maximum absolute atomic E-state index is 9.63. The fourth-order valence-electron chi connectivity index (χ4n) is 1.49. The maximum Gasteiger partial charge on any atom is 0.126 e. The van der Waals surface area contributed by atoms with Gasteiger partial charge >= 0.3 is 0 Å². The summed E-state index contributed by atoms with van der Waals surface area (Å²) in [6.07, 6.45) is 1.21. The molecule has 15 heavy (non-hydrogen) atoms. The minimum atomic E-state index is 0.122. The van der Waals surface area contributed by atoms with Crippen LogP contribution in [0.2, 0.25) is 0 Å². The first kappa shape index (κ1) is 11.4. The quantitative estimate of drug-likeness (QED) is 0.452. The molecular weight excluding hydrogens is 192 g/mol. The molecule has 82 valence electrons. The molecule has 0 heterocycles. The van der Waals surface area contributed by atoms with Crippen molar-refractivity contribution in [3.8, 4) is 5.75 Å². The van der Waals surface area contributed by atoms with Gasteiger partial charge in [0.05, 0.1) is 6.21 Å². The minimum absolute atomic E-state index is 0.122. The molecule has 1 rings (SSSR count). The number of aromatic hydroxyl groups is 1. The molecule has 1 aromatic carbocycles. The number of oxime groups is 1. The van der Waals surface area contributed by atoms with Crippen LogP contribution in [0.5, 0.6) is 5.75 Å². The van der Waals surface area contributed by atoms with Crippen molar-refractivity contribution in [1.29, 1.82) is 0 Å². The molecule has 0 aliphatic carbocycles. The maximum atomic E-state index is 9.63. The van der Waals surface area contributed by atoms with Crippen LogP contribution in [0.1, 0.15) is 19.4 Å². The van der Waals surface area contributed by atoms with Crippen molar-refractivity contribution in [2.24, 2.45) is 5.16 Å². The van der Waals surface area contributed by atoms with Gasteiger partial charge in [-0.1, -0.05) is 5.16 Å². The summed E-state index contributed by atoms with van der Waals surface area (Å²) in [6.45, 7) is 5.90. The van der Waals surface area contributed by atoms with E-state index in [0.29, 0.717) is 5.56 Å². The molecular formula is C11H16N2O2. The molecule has 0 spiro atoms. The number of phenolic OH excluding ortho intramolecular Hbond substituents is 1. The average Bonchev–Trinajstić information content (AvgIpc) is 2.24. The SMILES string of the molecule is CCN(CC)c1ccc(/C=N/O)c(O)c1. The zero-order chi connectivity index (χ0) is 11.3. The molecule has 0 unspecified atom stereocenters. The van der Waals surface area contributed by atoms with Gasteiger partial charge in [0.15, 0.2) is 0 Å². The molecule has 0 radical (unpaired) electrons. The Labute approximate surface area is 89.5 Å². The van der Waals surface area contributed by atoms with E-state index in [4.69, 9.17) is 5.21 Å². The average molecular weight is 208 g/mol. The minimum Gasteiger partial charge on any atom is -0.507 e. The molecule has 0 aromatic heterocycles. The number of anilines is 1. The van der Waals surface area contributed by atoms with Crippen molar-refractivity contribution in [3.63, 3.8) is 0 Å². The van der Waals surface area contributed by atoms with E-state index in [-0.39, 0.29) is 5.75 Å². The van der Waals surface area contributed by atoms with E-state index in [1.54, 1.807) is 12.1 Å². The largest absolute Gasteiger partial charge is 0.507 e. The summed E-state index contributed by atoms with van der Waals surface area (Å²) in [5.41, 5.74) is 1.47. The van der Waals surface area contributed by atoms with Gasteiger partial charge in [-0.05, 0) is 26.0 Å². The van der Waals surface area contributed by atoms with Gasteiger partial charge in [-0.3, -0.25) is 0 Å². The Balaban J connectivity index is 2.99. The number of hydrogen-bond acceptors (Lipinski definition) is 4. The monoisotopic (exact) mass is 208 g/mol. The fraction of sp³-hybridized carbons (Fsp3) is 0.364. The lowest BCUT2D eigenvalue weighted by atomic mass is 10.2. The highest BCUT2D eigenvalue weighted by molar-refractivity contribution is 5.84. The number of rotatable bonds is 4. The van der Waals surface area contributed by atoms with Crippen LogP contribution in [0.4, 0.5) is 5.69 Å². The first-order valence-electron chi connectivity index (χ1n) is 4.98. The highest BCUT2D eigenvalue weighted by Gasteiger charge is 2.05. The molecule has 0 saturated carbocycles. The molecule has 0 aliphatic rings. The summed E-state index contributed by atoms with van der Waals surface area (Å²) in [5, 5.41) is 20.9. The highest BCUT2D eigenvalue weighted by atomic mass is 16.4. The van der Waals surface area contributed by atoms with E-state index in [9.17, 15) is 5.11 Å². The zero-order valence-electron chi connectivity index (χ0n) is 9.01. The summed E-state index contributed by atoms with van der Waals surface area (Å²) >= 11 is 0. The van der Waals surface area contributed by atoms with Crippen molar-refractivity contribution in [3.05, 3.63) is 23.8 Å². The first-order valence-corrected chi connectivity index (χ1v) is 4.98. The van der Waals surface area contributed by atoms with E-state index in [0.717, 1.165) is 18.8 Å². The second kappa shape index (κ2) is 5.24. The van der Waals surface area contributed by atoms with Gasteiger partial charge in [0.2, 0.25) is 0 Å². The van der Waals surface area contributed by atoms with Crippen molar-refractivity contribution >= 4 is 11.9 Å². The Morgan fingerprint density at radius 3 is 2.47 bits per heavy atom. The van der Waals surface area contributed by atoms with Crippen molar-refractivity contribution in [1.82, 2.24) is 0 Å². The van der Waals surface area contributed by atoms with Crippen LogP contribution in [0.25, 0.3) is 0 Å². The molecule has 0 bridgehead atoms. The molecule has 0 aliphatic heterocycles. The van der Waals surface area contributed by atoms with Gasteiger partial charge in [-0.25, -0.2) is 0 Å². The van der Waals surface area contributed by atoms with Crippen LogP contribution in [-0.4, -0.2) is 29.6 Å². The summed E-state index contributed by atoms with van der Waals surface area (Å²) in [4.78, 5) is 2.12. The van der Waals surface area contributed by atoms with Gasteiger partial charge in [0.25, 0.3) is 0 Å². The molecule has 4 heteroatoms. The lowest BCUT2D eigenvalue weighted by molar-refractivity contribution is 0.321. The summed E-state index contributed by atoms with van der Waals surface area (Å²) in [6, 6.07) is 5.29. The number of hydrogen-bond donors (Lipinski definition) is 2. The van der Waals surface area contributed by atoms with Crippen LogP contribution in [0.3, 0.4) is 0 Å². The normalized spacial score (nSPS) is 10.8. The Kier molecular flexibility index (Phi) is 3.97. The Morgan fingerprint density at radius 2 is 2.00 bits per heavy atom. The summed E-state index contributed by atoms with van der Waals surface area (Å²) < 4.78 is 0. The first-order chi connectivity index (χ1) is 7.22. The van der Waals surface area contributed by atoms with Gasteiger partial charge in [-0.2, -0.15) is 0 Å². The van der Waals surface area contributed by atoms with Crippen LogP contribution in [-0.2, 0) is 0 Å². The molecule has 0 fully saturated rings. The molecule has 1 aromatic rings. The smallest absolute Gasteiger partial charge is 0.126 e. The topological polar surface area (TPSA) is 56.1 Å². The summed E-state index contributed by atoms with van der Waals surface area (Å²) in [5.74, 6) is 0.122. The molecule has 0 amide bonds. The van der Waals surface area contributed by atoms with E-state index in [1.165, 1.54) is 6.21 Å². The molecule has 0 atom stereocenters. The Hall–Kier alpha value is -1.71. The fourth-order valence-corrected chi connectivity index (χ4v) is 1.49. The van der Waals surface area contributed by atoms with Gasteiger partial charge in [0, 0.05) is 30.4 Å². The third kappa shape index (κ3) is 2.62. The second-order valence-corrected chi connectivity index (χ2v) is 3.16. The molecule has 2 N–H and O–H groups in total. The van der Waals surface area contributed by atoms with Crippen LogP contribution in [0.15, 0.2) is 23.4 Å². The molecule has 0 saturated heterocycles. The predicted octanol–water partition coefficient (Wildman–Crippen LogP) is 2.05. The summed E-state index contributed by atoms with van der Waals surface area (Å²) in [7, 11) is 0. The zero-order valence-corrected chi connectivity index (χ0v) is 9.01. The van der Waals surface area contributed by atoms with Crippen LogP contribution in [0, 0.1) is 0 Å². The van der Waals surface area contributed by atoms with E-state index < -0.39 is 0 Å². The van der Waals surface area contributed by atoms with E-state index in [1.807, 2.05) is 6.07 Å². The number of benzene rings is 1. The van der Waals surface area contributed by atoms with E-state index >= 15 is 0 Å².